The third-order valence-electron chi connectivity index (χ3n) is 2.89. The fourth-order valence-corrected chi connectivity index (χ4v) is 3.04. The quantitative estimate of drug-likeness (QED) is 0.849. The van der Waals surface area contributed by atoms with Gasteiger partial charge < -0.3 is 5.32 Å². The molecule has 2 aromatic rings. The minimum absolute atomic E-state index is 0.163. The van der Waals surface area contributed by atoms with Crippen molar-refractivity contribution in [2.24, 2.45) is 0 Å². The Balaban J connectivity index is 2.04. The van der Waals surface area contributed by atoms with Crippen molar-refractivity contribution in [3.63, 3.8) is 0 Å². The minimum atomic E-state index is -3.55. The van der Waals surface area contributed by atoms with E-state index in [1.165, 1.54) is 6.20 Å². The van der Waals surface area contributed by atoms with Gasteiger partial charge in [0.05, 0.1) is 5.69 Å². The highest BCUT2D eigenvalue weighted by Gasteiger charge is 2.17. The molecule has 20 heavy (non-hydrogen) atoms. The fraction of sp³-hybridized carbons (Fsp3) is 0.214. The summed E-state index contributed by atoms with van der Waals surface area (Å²) in [7, 11) is -1.87. The molecule has 0 unspecified atom stereocenters. The van der Waals surface area contributed by atoms with Gasteiger partial charge in [0.1, 0.15) is 4.90 Å². The largest absolute Gasteiger partial charge is 0.387 e. The number of benzene rings is 1. The third-order valence-corrected chi connectivity index (χ3v) is 4.38. The molecule has 0 fully saturated rings. The number of nitrogens with zero attached hydrogens (tertiary/aromatic N) is 1. The average molecular weight is 291 g/mol. The van der Waals surface area contributed by atoms with Crippen LogP contribution in [0.5, 0.6) is 0 Å². The molecule has 2 rings (SSSR count). The van der Waals surface area contributed by atoms with Gasteiger partial charge in [0.25, 0.3) is 0 Å². The van der Waals surface area contributed by atoms with Gasteiger partial charge in [-0.15, -0.1) is 0 Å². The molecular formula is C14H17N3O2S. The molecule has 5 nitrogen and oxygen atoms in total. The number of aromatic nitrogens is 1. The van der Waals surface area contributed by atoms with Gasteiger partial charge in [-0.3, -0.25) is 4.98 Å². The van der Waals surface area contributed by atoms with Crippen LogP contribution in [0.15, 0.2) is 53.7 Å². The van der Waals surface area contributed by atoms with Crippen LogP contribution in [0.4, 0.5) is 5.69 Å². The summed E-state index contributed by atoms with van der Waals surface area (Å²) >= 11 is 0. The van der Waals surface area contributed by atoms with Crippen molar-refractivity contribution in [2.45, 2.75) is 11.3 Å². The predicted octanol–water partition coefficient (Wildman–Crippen LogP) is 1.64. The molecule has 0 aliphatic rings. The molecule has 0 aliphatic heterocycles. The first-order chi connectivity index (χ1) is 9.63. The number of anilines is 1. The molecule has 0 saturated heterocycles. The standard InChI is InChI=1S/C14H17N3O2S/c1-15-13-8-9-16-11-14(13)20(18,19)17-10-7-12-5-3-2-4-6-12/h2-6,8-9,11,17H,7,10H2,1H3,(H,15,16). The molecular weight excluding hydrogens is 274 g/mol. The summed E-state index contributed by atoms with van der Waals surface area (Å²) in [4.78, 5) is 4.03. The van der Waals surface area contributed by atoms with E-state index >= 15 is 0 Å². The molecule has 1 aromatic heterocycles. The van der Waals surface area contributed by atoms with E-state index in [9.17, 15) is 8.42 Å². The Morgan fingerprint density at radius 3 is 2.60 bits per heavy atom. The maximum Gasteiger partial charge on any atom is 0.244 e. The van der Waals surface area contributed by atoms with Crippen LogP contribution in [0.1, 0.15) is 5.56 Å². The Hall–Kier alpha value is -1.92. The summed E-state index contributed by atoms with van der Waals surface area (Å²) in [6.45, 7) is 0.352. The van der Waals surface area contributed by atoms with Crippen molar-refractivity contribution >= 4 is 15.7 Å². The Bertz CT molecular complexity index is 657. The SMILES string of the molecule is CNc1ccncc1S(=O)(=O)NCCc1ccccc1. The van der Waals surface area contributed by atoms with E-state index in [1.54, 1.807) is 19.3 Å². The molecule has 0 radical (unpaired) electrons. The fourth-order valence-electron chi connectivity index (χ4n) is 1.85. The van der Waals surface area contributed by atoms with Crippen LogP contribution in [0, 0.1) is 0 Å². The van der Waals surface area contributed by atoms with E-state index in [0.717, 1.165) is 5.56 Å². The van der Waals surface area contributed by atoms with E-state index in [0.29, 0.717) is 18.7 Å². The average Bonchev–Trinajstić information content (AvgIpc) is 2.48. The summed E-state index contributed by atoms with van der Waals surface area (Å²) in [6.07, 6.45) is 3.54. The molecule has 1 heterocycles. The molecule has 6 heteroatoms. The second-order valence-electron chi connectivity index (χ2n) is 4.26. The second kappa shape index (κ2) is 6.49. The molecule has 0 saturated carbocycles. The molecule has 0 spiro atoms. The monoisotopic (exact) mass is 291 g/mol. The lowest BCUT2D eigenvalue weighted by Gasteiger charge is -2.10. The van der Waals surface area contributed by atoms with E-state index in [2.05, 4.69) is 15.0 Å². The molecule has 0 aliphatic carbocycles. The van der Waals surface area contributed by atoms with Crippen LogP contribution in [0.25, 0.3) is 0 Å². The van der Waals surface area contributed by atoms with Gasteiger partial charge in [0, 0.05) is 26.0 Å². The van der Waals surface area contributed by atoms with Crippen molar-refractivity contribution in [1.82, 2.24) is 9.71 Å². The van der Waals surface area contributed by atoms with Gasteiger partial charge >= 0.3 is 0 Å². The molecule has 2 N–H and O–H groups in total. The summed E-state index contributed by atoms with van der Waals surface area (Å²) in [5, 5.41) is 2.85. The Morgan fingerprint density at radius 2 is 1.90 bits per heavy atom. The van der Waals surface area contributed by atoms with Crippen molar-refractivity contribution < 1.29 is 8.42 Å². The van der Waals surface area contributed by atoms with Crippen LogP contribution in [0.3, 0.4) is 0 Å². The Kier molecular flexibility index (Phi) is 4.70. The lowest BCUT2D eigenvalue weighted by atomic mass is 10.2. The maximum absolute atomic E-state index is 12.2. The van der Waals surface area contributed by atoms with Gasteiger partial charge in [-0.05, 0) is 18.1 Å². The van der Waals surface area contributed by atoms with Crippen molar-refractivity contribution in [2.75, 3.05) is 18.9 Å². The first-order valence-corrected chi connectivity index (χ1v) is 7.77. The summed E-state index contributed by atoms with van der Waals surface area (Å²) in [5.41, 5.74) is 1.63. The first-order valence-electron chi connectivity index (χ1n) is 6.29. The molecule has 0 amide bonds. The first kappa shape index (κ1) is 14.5. The van der Waals surface area contributed by atoms with Gasteiger partial charge in [-0.2, -0.15) is 0 Å². The second-order valence-corrected chi connectivity index (χ2v) is 5.99. The maximum atomic E-state index is 12.2. The minimum Gasteiger partial charge on any atom is -0.387 e. The highest BCUT2D eigenvalue weighted by molar-refractivity contribution is 7.89. The van der Waals surface area contributed by atoms with Crippen LogP contribution >= 0.6 is 0 Å². The molecule has 0 atom stereocenters. The summed E-state index contributed by atoms with van der Waals surface area (Å²) in [6, 6.07) is 11.4. The topological polar surface area (TPSA) is 71.1 Å². The Labute approximate surface area is 119 Å². The van der Waals surface area contributed by atoms with Crippen LogP contribution < -0.4 is 10.0 Å². The zero-order valence-electron chi connectivity index (χ0n) is 11.2. The van der Waals surface area contributed by atoms with Crippen LogP contribution in [-0.2, 0) is 16.4 Å². The third kappa shape index (κ3) is 3.55. The van der Waals surface area contributed by atoms with Gasteiger partial charge in [-0.1, -0.05) is 30.3 Å². The zero-order valence-corrected chi connectivity index (χ0v) is 12.0. The van der Waals surface area contributed by atoms with E-state index in [4.69, 9.17) is 0 Å². The lowest BCUT2D eigenvalue weighted by Crippen LogP contribution is -2.26. The number of rotatable bonds is 6. The molecule has 0 bridgehead atoms. The lowest BCUT2D eigenvalue weighted by molar-refractivity contribution is 0.581. The smallest absolute Gasteiger partial charge is 0.244 e. The number of nitrogens with one attached hydrogen (secondary N) is 2. The molecule has 106 valence electrons. The number of pyridine rings is 1. The zero-order chi connectivity index (χ0) is 14.4. The van der Waals surface area contributed by atoms with Gasteiger partial charge in [0.2, 0.25) is 10.0 Å². The Morgan fingerprint density at radius 1 is 1.15 bits per heavy atom. The number of hydrogen-bond acceptors (Lipinski definition) is 4. The van der Waals surface area contributed by atoms with Crippen molar-refractivity contribution in [1.29, 1.82) is 0 Å². The predicted molar refractivity (Wildman–Crippen MR) is 79.1 cm³/mol. The number of hydrogen-bond donors (Lipinski definition) is 2. The summed E-state index contributed by atoms with van der Waals surface area (Å²) in [5.74, 6) is 0. The van der Waals surface area contributed by atoms with E-state index in [1.807, 2.05) is 30.3 Å². The van der Waals surface area contributed by atoms with E-state index < -0.39 is 10.0 Å². The van der Waals surface area contributed by atoms with Crippen molar-refractivity contribution in [3.8, 4) is 0 Å². The highest BCUT2D eigenvalue weighted by Crippen LogP contribution is 2.18. The van der Waals surface area contributed by atoms with E-state index in [-0.39, 0.29) is 4.90 Å². The molecule has 1 aromatic carbocycles. The van der Waals surface area contributed by atoms with Crippen molar-refractivity contribution in [3.05, 3.63) is 54.4 Å². The summed E-state index contributed by atoms with van der Waals surface area (Å²) < 4.78 is 27.0. The normalized spacial score (nSPS) is 11.2. The van der Waals surface area contributed by atoms with Gasteiger partial charge in [-0.25, -0.2) is 13.1 Å². The van der Waals surface area contributed by atoms with Crippen LogP contribution in [-0.4, -0.2) is 27.0 Å². The highest BCUT2D eigenvalue weighted by atomic mass is 32.2. The number of sulfonamides is 1. The van der Waals surface area contributed by atoms with Crippen LogP contribution in [0.2, 0.25) is 0 Å². The van der Waals surface area contributed by atoms with Gasteiger partial charge in [0.15, 0.2) is 0 Å².